The van der Waals surface area contributed by atoms with Gasteiger partial charge in [0.15, 0.2) is 5.69 Å². The molecule has 140 valence electrons. The van der Waals surface area contributed by atoms with Crippen LogP contribution in [0.3, 0.4) is 0 Å². The van der Waals surface area contributed by atoms with Crippen molar-refractivity contribution in [2.75, 3.05) is 7.11 Å². The summed E-state index contributed by atoms with van der Waals surface area (Å²) in [6, 6.07) is 6.92. The Labute approximate surface area is 157 Å². The molecule has 2 aliphatic heterocycles. The fourth-order valence-electron chi connectivity index (χ4n) is 3.87. The van der Waals surface area contributed by atoms with Crippen LogP contribution in [0.25, 0.3) is 0 Å². The number of allylic oxidation sites excluding steroid dienone is 1. The van der Waals surface area contributed by atoms with Crippen LogP contribution in [0.5, 0.6) is 5.75 Å². The van der Waals surface area contributed by atoms with Crippen molar-refractivity contribution >= 4 is 11.4 Å². The molecule has 3 rings (SSSR count). The summed E-state index contributed by atoms with van der Waals surface area (Å²) in [5.41, 5.74) is 7.07. The SMILES string of the molecule is CCC(CC)NN1C=CC(C)[N+]2(c3ccc(OC)cc3C)N=C(C)C=C12. The molecule has 2 unspecified atom stereocenters. The number of hydrazine groups is 1. The van der Waals surface area contributed by atoms with Gasteiger partial charge in [-0.15, -0.1) is 4.59 Å². The van der Waals surface area contributed by atoms with E-state index in [1.807, 2.05) is 6.07 Å². The molecule has 2 atom stereocenters. The van der Waals surface area contributed by atoms with Gasteiger partial charge in [-0.05, 0) is 51.8 Å². The lowest BCUT2D eigenvalue weighted by molar-refractivity contribution is 0.160. The number of fused-ring (bicyclic) bond motifs is 1. The predicted octanol–water partition coefficient (Wildman–Crippen LogP) is 4.45. The molecule has 1 aromatic carbocycles. The van der Waals surface area contributed by atoms with Crippen molar-refractivity contribution in [3.63, 3.8) is 0 Å². The molecule has 0 fully saturated rings. The number of ether oxygens (including phenoxy) is 1. The first-order valence-electron chi connectivity index (χ1n) is 9.53. The van der Waals surface area contributed by atoms with E-state index >= 15 is 0 Å². The Hall–Kier alpha value is -2.11. The normalized spacial score (nSPS) is 24.6. The monoisotopic (exact) mass is 355 g/mol. The molecule has 0 saturated carbocycles. The zero-order valence-corrected chi connectivity index (χ0v) is 16.8. The molecular weight excluding hydrogens is 324 g/mol. The maximum absolute atomic E-state index is 5.40. The molecule has 0 radical (unpaired) electrons. The van der Waals surface area contributed by atoms with Crippen molar-refractivity contribution in [3.8, 4) is 5.75 Å². The fourth-order valence-corrected chi connectivity index (χ4v) is 3.87. The number of rotatable bonds is 6. The predicted molar refractivity (Wildman–Crippen MR) is 109 cm³/mol. The maximum atomic E-state index is 5.40. The molecule has 26 heavy (non-hydrogen) atoms. The first kappa shape index (κ1) is 18.7. The highest BCUT2D eigenvalue weighted by molar-refractivity contribution is 5.96. The molecule has 0 saturated heterocycles. The summed E-state index contributed by atoms with van der Waals surface area (Å²) in [4.78, 5) is 0. The van der Waals surface area contributed by atoms with E-state index < -0.39 is 0 Å². The Morgan fingerprint density at radius 1 is 1.27 bits per heavy atom. The van der Waals surface area contributed by atoms with Gasteiger partial charge in [-0.25, -0.2) is 10.4 Å². The minimum atomic E-state index is 0.213. The average Bonchev–Trinajstić information content (AvgIpc) is 3.00. The highest BCUT2D eigenvalue weighted by atomic mass is 16.5. The van der Waals surface area contributed by atoms with Gasteiger partial charge in [0.05, 0.1) is 7.11 Å². The van der Waals surface area contributed by atoms with Crippen LogP contribution < -0.4 is 14.8 Å². The molecule has 5 heteroatoms. The van der Waals surface area contributed by atoms with Crippen molar-refractivity contribution in [1.82, 2.24) is 15.0 Å². The third-order valence-electron chi connectivity index (χ3n) is 5.43. The largest absolute Gasteiger partial charge is 0.497 e. The lowest BCUT2D eigenvalue weighted by Crippen LogP contribution is -2.58. The summed E-state index contributed by atoms with van der Waals surface area (Å²) < 4.78 is 5.87. The number of nitrogens with zero attached hydrogens (tertiary/aromatic N) is 3. The van der Waals surface area contributed by atoms with E-state index in [0.717, 1.165) is 30.1 Å². The molecule has 2 aliphatic rings. The van der Waals surface area contributed by atoms with Crippen LogP contribution in [0.2, 0.25) is 0 Å². The van der Waals surface area contributed by atoms with Crippen LogP contribution in [0, 0.1) is 6.92 Å². The summed E-state index contributed by atoms with van der Waals surface area (Å²) in [5, 5.41) is 7.27. The fraction of sp³-hybridized carbons (Fsp3) is 0.476. The van der Waals surface area contributed by atoms with Gasteiger partial charge in [-0.2, -0.15) is 0 Å². The molecule has 5 nitrogen and oxygen atoms in total. The van der Waals surface area contributed by atoms with E-state index in [1.54, 1.807) is 7.11 Å². The maximum Gasteiger partial charge on any atom is 0.257 e. The van der Waals surface area contributed by atoms with Gasteiger partial charge in [0.25, 0.3) is 5.82 Å². The van der Waals surface area contributed by atoms with Crippen molar-refractivity contribution in [2.45, 2.75) is 59.5 Å². The van der Waals surface area contributed by atoms with Gasteiger partial charge >= 0.3 is 0 Å². The van der Waals surface area contributed by atoms with Gasteiger partial charge in [0.1, 0.15) is 17.5 Å². The highest BCUT2D eigenvalue weighted by Crippen LogP contribution is 2.43. The number of aryl methyl sites for hydroxylation is 1. The van der Waals surface area contributed by atoms with Crippen molar-refractivity contribution in [1.29, 1.82) is 0 Å². The van der Waals surface area contributed by atoms with E-state index in [-0.39, 0.29) is 6.04 Å². The number of hydrogen-bond donors (Lipinski definition) is 1. The number of quaternary nitrogens is 1. The summed E-state index contributed by atoms with van der Waals surface area (Å²) >= 11 is 0. The molecule has 0 aromatic heterocycles. The summed E-state index contributed by atoms with van der Waals surface area (Å²) in [6.07, 6.45) is 8.76. The first-order chi connectivity index (χ1) is 12.5. The Balaban J connectivity index is 2.09. The Morgan fingerprint density at radius 3 is 2.62 bits per heavy atom. The Morgan fingerprint density at radius 2 is 2.00 bits per heavy atom. The molecule has 2 heterocycles. The molecule has 0 bridgehead atoms. The molecule has 0 amide bonds. The van der Waals surface area contributed by atoms with Crippen LogP contribution >= 0.6 is 0 Å². The quantitative estimate of drug-likeness (QED) is 0.766. The van der Waals surface area contributed by atoms with E-state index in [2.05, 4.69) is 75.5 Å². The second kappa shape index (κ2) is 7.25. The third-order valence-corrected chi connectivity index (χ3v) is 5.43. The van der Waals surface area contributed by atoms with Crippen molar-refractivity contribution < 1.29 is 4.74 Å². The number of nitrogens with one attached hydrogen (secondary N) is 1. The zero-order chi connectivity index (χ0) is 18.9. The molecule has 0 aliphatic carbocycles. The Bertz CT molecular complexity index is 763. The highest BCUT2D eigenvalue weighted by Gasteiger charge is 2.50. The van der Waals surface area contributed by atoms with Crippen molar-refractivity contribution in [2.24, 2.45) is 5.10 Å². The topological polar surface area (TPSA) is 36.9 Å². The lowest BCUT2D eigenvalue weighted by Gasteiger charge is -2.42. The van der Waals surface area contributed by atoms with Gasteiger partial charge < -0.3 is 4.74 Å². The molecule has 1 aromatic rings. The van der Waals surface area contributed by atoms with Gasteiger partial charge in [-0.1, -0.05) is 18.9 Å². The third kappa shape index (κ3) is 2.95. The van der Waals surface area contributed by atoms with E-state index in [1.165, 1.54) is 11.3 Å². The Kier molecular flexibility index (Phi) is 5.21. The van der Waals surface area contributed by atoms with E-state index in [0.29, 0.717) is 10.6 Å². The van der Waals surface area contributed by atoms with Crippen LogP contribution in [0.4, 0.5) is 5.69 Å². The van der Waals surface area contributed by atoms with Gasteiger partial charge in [0.2, 0.25) is 0 Å². The van der Waals surface area contributed by atoms with Crippen LogP contribution in [-0.2, 0) is 0 Å². The molecular formula is C21H31N4O+. The summed E-state index contributed by atoms with van der Waals surface area (Å²) in [6.45, 7) is 10.9. The van der Waals surface area contributed by atoms with Crippen molar-refractivity contribution in [3.05, 3.63) is 47.9 Å². The molecule has 0 spiro atoms. The number of benzene rings is 1. The number of methoxy groups -OCH3 is 1. The van der Waals surface area contributed by atoms with Crippen LogP contribution in [-0.4, -0.2) is 29.9 Å². The second-order valence-electron chi connectivity index (χ2n) is 7.18. The standard InChI is InChI=1S/C21H31N4O/c1-7-18(8-2)22-24-12-11-17(5)25(21(24)14-16(4)23-25)20-10-9-19(26-6)13-15(20)3/h9-14,17-18,22H,7-8H2,1-6H3/q+1. The minimum Gasteiger partial charge on any atom is -0.497 e. The lowest BCUT2D eigenvalue weighted by atomic mass is 10.1. The summed E-state index contributed by atoms with van der Waals surface area (Å²) in [5.74, 6) is 2.03. The smallest absolute Gasteiger partial charge is 0.257 e. The van der Waals surface area contributed by atoms with Gasteiger partial charge in [0, 0.05) is 29.9 Å². The molecule has 1 N–H and O–H groups in total. The summed E-state index contributed by atoms with van der Waals surface area (Å²) in [7, 11) is 1.71. The van der Waals surface area contributed by atoms with E-state index in [4.69, 9.17) is 9.84 Å². The van der Waals surface area contributed by atoms with Gasteiger partial charge in [-0.3, -0.25) is 0 Å². The van der Waals surface area contributed by atoms with Crippen LogP contribution in [0.1, 0.15) is 46.1 Å². The first-order valence-corrected chi connectivity index (χ1v) is 9.53. The average molecular weight is 356 g/mol. The zero-order valence-electron chi connectivity index (χ0n) is 16.8. The van der Waals surface area contributed by atoms with Crippen LogP contribution in [0.15, 0.2) is 47.5 Å². The second-order valence-corrected chi connectivity index (χ2v) is 7.18. The number of hydrogen-bond acceptors (Lipinski definition) is 4. The van der Waals surface area contributed by atoms with E-state index in [9.17, 15) is 0 Å². The minimum absolute atomic E-state index is 0.213.